The second-order valence-corrected chi connectivity index (χ2v) is 2.89. The molecule has 0 N–H and O–H groups in total. The molecule has 0 spiro atoms. The van der Waals surface area contributed by atoms with Crippen molar-refractivity contribution in [3.63, 3.8) is 0 Å². The molecule has 0 aromatic heterocycles. The fourth-order valence-electron chi connectivity index (χ4n) is 1.30. The zero-order valence-corrected chi connectivity index (χ0v) is 8.41. The number of nitrogens with zero attached hydrogens (tertiary/aromatic N) is 2. The molecule has 1 unspecified atom stereocenters. The molecule has 13 heavy (non-hydrogen) atoms. The Kier molecular flexibility index (Phi) is 3.73. The molecule has 74 valence electrons. The van der Waals surface area contributed by atoms with Gasteiger partial charge >= 0.3 is 0 Å². The van der Waals surface area contributed by atoms with Gasteiger partial charge in [0, 0.05) is 0 Å². The van der Waals surface area contributed by atoms with Crippen molar-refractivity contribution < 1.29 is 9.47 Å². The van der Waals surface area contributed by atoms with Crippen LogP contribution in [0.4, 0.5) is 0 Å². The third kappa shape index (κ3) is 2.44. The predicted molar refractivity (Wildman–Crippen MR) is 52.5 cm³/mol. The van der Waals surface area contributed by atoms with E-state index >= 15 is 0 Å². The summed E-state index contributed by atoms with van der Waals surface area (Å²) in [6.07, 6.45) is 2.02. The molecule has 0 fully saturated rings. The summed E-state index contributed by atoms with van der Waals surface area (Å²) in [6, 6.07) is 0.0544. The normalized spacial score (nSPS) is 21.9. The molecule has 0 radical (unpaired) electrons. The van der Waals surface area contributed by atoms with Gasteiger partial charge in [0.1, 0.15) is 12.6 Å². The molecule has 0 amide bonds. The van der Waals surface area contributed by atoms with Crippen LogP contribution in [0.15, 0.2) is 9.98 Å². The molecule has 0 aliphatic carbocycles. The number of rotatable bonds is 2. The first-order valence-corrected chi connectivity index (χ1v) is 4.50. The van der Waals surface area contributed by atoms with Gasteiger partial charge in [0.15, 0.2) is 0 Å². The molecular formula is C9H16N2O2. The lowest BCUT2D eigenvalue weighted by Gasteiger charge is -2.18. The molecular weight excluding hydrogens is 168 g/mol. The van der Waals surface area contributed by atoms with Crippen LogP contribution in [0.5, 0.6) is 0 Å². The Balaban J connectivity index is 2.65. The van der Waals surface area contributed by atoms with Crippen LogP contribution in [0, 0.1) is 0 Å². The summed E-state index contributed by atoms with van der Waals surface area (Å²) in [6.45, 7) is 2.61. The Morgan fingerprint density at radius 1 is 1.38 bits per heavy atom. The van der Waals surface area contributed by atoms with E-state index in [9.17, 15) is 0 Å². The smallest absolute Gasteiger partial charge is 0.209 e. The fraction of sp³-hybridized carbons (Fsp3) is 0.778. The van der Waals surface area contributed by atoms with Crippen LogP contribution in [0.2, 0.25) is 0 Å². The second kappa shape index (κ2) is 4.84. The maximum atomic E-state index is 5.14. The number of methoxy groups -OCH3 is 2. The van der Waals surface area contributed by atoms with Gasteiger partial charge in [-0.3, -0.25) is 0 Å². The van der Waals surface area contributed by atoms with Gasteiger partial charge in [-0.15, -0.1) is 0 Å². The van der Waals surface area contributed by atoms with E-state index in [2.05, 4.69) is 16.9 Å². The second-order valence-electron chi connectivity index (χ2n) is 2.89. The van der Waals surface area contributed by atoms with Crippen LogP contribution in [0.3, 0.4) is 0 Å². The van der Waals surface area contributed by atoms with E-state index in [0.29, 0.717) is 12.4 Å². The fourth-order valence-corrected chi connectivity index (χ4v) is 1.30. The highest BCUT2D eigenvalue weighted by Crippen LogP contribution is 2.10. The maximum Gasteiger partial charge on any atom is 0.209 e. The van der Waals surface area contributed by atoms with Crippen molar-refractivity contribution in [2.75, 3.05) is 20.8 Å². The van der Waals surface area contributed by atoms with E-state index in [1.165, 1.54) is 0 Å². The lowest BCUT2D eigenvalue weighted by Crippen LogP contribution is -2.28. The third-order valence-electron chi connectivity index (χ3n) is 1.96. The molecule has 4 heteroatoms. The van der Waals surface area contributed by atoms with Crippen LogP contribution in [-0.2, 0) is 9.47 Å². The minimum absolute atomic E-state index is 0.0544. The summed E-state index contributed by atoms with van der Waals surface area (Å²) in [5.41, 5.74) is 0. The minimum Gasteiger partial charge on any atom is -0.483 e. The van der Waals surface area contributed by atoms with Crippen molar-refractivity contribution in [3.05, 3.63) is 0 Å². The Morgan fingerprint density at radius 2 is 2.15 bits per heavy atom. The van der Waals surface area contributed by atoms with Crippen LogP contribution < -0.4 is 0 Å². The zero-order chi connectivity index (χ0) is 9.68. The standard InChI is InChI=1S/C9H16N2O2/c1-4-5-7-9(13-3)10-6-8(11-7)12-2/h7H,4-6H2,1-3H3. The number of aliphatic imine (C=N–C) groups is 2. The average molecular weight is 184 g/mol. The summed E-state index contributed by atoms with van der Waals surface area (Å²) < 4.78 is 10.2. The van der Waals surface area contributed by atoms with E-state index in [0.717, 1.165) is 18.7 Å². The highest BCUT2D eigenvalue weighted by molar-refractivity contribution is 5.91. The first-order valence-electron chi connectivity index (χ1n) is 4.50. The van der Waals surface area contributed by atoms with Crippen molar-refractivity contribution in [3.8, 4) is 0 Å². The molecule has 1 rings (SSSR count). The van der Waals surface area contributed by atoms with Gasteiger partial charge in [-0.05, 0) is 6.42 Å². The molecule has 0 aromatic rings. The topological polar surface area (TPSA) is 43.2 Å². The van der Waals surface area contributed by atoms with Crippen LogP contribution in [0.25, 0.3) is 0 Å². The van der Waals surface area contributed by atoms with Crippen LogP contribution in [-0.4, -0.2) is 38.6 Å². The largest absolute Gasteiger partial charge is 0.483 e. The Hall–Kier alpha value is -1.06. The third-order valence-corrected chi connectivity index (χ3v) is 1.96. The molecule has 1 aliphatic heterocycles. The Morgan fingerprint density at radius 3 is 2.69 bits per heavy atom. The molecule has 0 saturated heterocycles. The highest BCUT2D eigenvalue weighted by Gasteiger charge is 2.20. The summed E-state index contributed by atoms with van der Waals surface area (Å²) in [7, 11) is 3.25. The van der Waals surface area contributed by atoms with Crippen LogP contribution in [0.1, 0.15) is 19.8 Å². The van der Waals surface area contributed by atoms with Gasteiger partial charge < -0.3 is 9.47 Å². The van der Waals surface area contributed by atoms with Gasteiger partial charge in [0.25, 0.3) is 0 Å². The van der Waals surface area contributed by atoms with Gasteiger partial charge in [0.2, 0.25) is 11.8 Å². The van der Waals surface area contributed by atoms with Crippen molar-refractivity contribution in [2.24, 2.45) is 9.98 Å². The monoisotopic (exact) mass is 184 g/mol. The first kappa shape index (κ1) is 10.0. The van der Waals surface area contributed by atoms with Crippen molar-refractivity contribution >= 4 is 11.8 Å². The van der Waals surface area contributed by atoms with Crippen molar-refractivity contribution in [1.82, 2.24) is 0 Å². The average Bonchev–Trinajstić information content (AvgIpc) is 2.18. The highest BCUT2D eigenvalue weighted by atomic mass is 16.5. The Bertz CT molecular complexity index is 224. The summed E-state index contributed by atoms with van der Waals surface area (Å²) in [4.78, 5) is 8.62. The molecule has 1 atom stereocenters. The van der Waals surface area contributed by atoms with Gasteiger partial charge in [-0.25, -0.2) is 9.98 Å². The lowest BCUT2D eigenvalue weighted by molar-refractivity contribution is 0.356. The maximum absolute atomic E-state index is 5.14. The van der Waals surface area contributed by atoms with Gasteiger partial charge in [-0.1, -0.05) is 13.3 Å². The van der Waals surface area contributed by atoms with Gasteiger partial charge in [0.05, 0.1) is 14.2 Å². The molecule has 1 aliphatic rings. The summed E-state index contributed by atoms with van der Waals surface area (Å²) in [5, 5.41) is 0. The molecule has 0 bridgehead atoms. The lowest BCUT2D eigenvalue weighted by atomic mass is 10.1. The Labute approximate surface area is 78.7 Å². The van der Waals surface area contributed by atoms with Crippen LogP contribution >= 0.6 is 0 Å². The van der Waals surface area contributed by atoms with E-state index in [4.69, 9.17) is 9.47 Å². The van der Waals surface area contributed by atoms with Gasteiger partial charge in [-0.2, -0.15) is 0 Å². The van der Waals surface area contributed by atoms with Crippen molar-refractivity contribution in [1.29, 1.82) is 0 Å². The van der Waals surface area contributed by atoms with E-state index < -0.39 is 0 Å². The SMILES string of the molecule is CCCC1N=C(OC)CN=C1OC. The quantitative estimate of drug-likeness (QED) is 0.648. The number of ether oxygens (including phenoxy) is 2. The molecule has 1 heterocycles. The van der Waals surface area contributed by atoms with E-state index in [1.54, 1.807) is 14.2 Å². The first-order chi connectivity index (χ1) is 6.31. The van der Waals surface area contributed by atoms with E-state index in [1.807, 2.05) is 0 Å². The molecule has 0 aromatic carbocycles. The molecule has 4 nitrogen and oxygen atoms in total. The molecule has 0 saturated carbocycles. The zero-order valence-electron chi connectivity index (χ0n) is 8.41. The summed E-state index contributed by atoms with van der Waals surface area (Å²) >= 11 is 0. The summed E-state index contributed by atoms with van der Waals surface area (Å²) in [5.74, 6) is 1.42. The van der Waals surface area contributed by atoms with E-state index in [-0.39, 0.29) is 6.04 Å². The number of hydrogen-bond donors (Lipinski definition) is 0. The minimum atomic E-state index is 0.0544. The van der Waals surface area contributed by atoms with Crippen molar-refractivity contribution in [2.45, 2.75) is 25.8 Å². The predicted octanol–water partition coefficient (Wildman–Crippen LogP) is 1.26. The number of hydrogen-bond acceptors (Lipinski definition) is 4.